The number of hydrogen-bond donors (Lipinski definition) is 1. The summed E-state index contributed by atoms with van der Waals surface area (Å²) in [5, 5.41) is 14.3. The van der Waals surface area contributed by atoms with Crippen molar-refractivity contribution in [2.75, 3.05) is 13.1 Å². The molecule has 0 atom stereocenters. The largest absolute Gasteiger partial charge is 0.352 e. The van der Waals surface area contributed by atoms with Crippen molar-refractivity contribution in [2.45, 2.75) is 26.3 Å². The van der Waals surface area contributed by atoms with Gasteiger partial charge >= 0.3 is 0 Å². The second-order valence-electron chi connectivity index (χ2n) is 7.00. The first-order valence-corrected chi connectivity index (χ1v) is 9.32. The molecule has 7 nitrogen and oxygen atoms in total. The minimum absolute atomic E-state index is 0.0162. The van der Waals surface area contributed by atoms with Gasteiger partial charge in [-0.1, -0.05) is 42.5 Å². The molecule has 1 heterocycles. The number of hydrogen-bond acceptors (Lipinski definition) is 4. The van der Waals surface area contributed by atoms with Crippen LogP contribution >= 0.6 is 0 Å². The van der Waals surface area contributed by atoms with Gasteiger partial charge in [0.2, 0.25) is 5.91 Å². The van der Waals surface area contributed by atoms with E-state index in [0.29, 0.717) is 38.0 Å². The number of carbonyl (C=O) groups is 2. The summed E-state index contributed by atoms with van der Waals surface area (Å²) in [6, 6.07) is 14.5. The number of piperidine rings is 1. The minimum Gasteiger partial charge on any atom is -0.352 e. The summed E-state index contributed by atoms with van der Waals surface area (Å²) < 4.78 is 0. The third-order valence-corrected chi connectivity index (χ3v) is 5.11. The molecular weight excluding hydrogens is 358 g/mol. The monoisotopic (exact) mass is 381 g/mol. The Morgan fingerprint density at radius 1 is 1.11 bits per heavy atom. The van der Waals surface area contributed by atoms with Crippen LogP contribution in [0.5, 0.6) is 0 Å². The third kappa shape index (κ3) is 4.36. The number of aryl methyl sites for hydroxylation is 1. The van der Waals surface area contributed by atoms with Crippen molar-refractivity contribution in [3.05, 3.63) is 75.3 Å². The van der Waals surface area contributed by atoms with Gasteiger partial charge in [0.25, 0.3) is 11.6 Å². The number of rotatable bonds is 5. The Labute approximate surface area is 163 Å². The normalized spacial score (nSPS) is 14.5. The van der Waals surface area contributed by atoms with Gasteiger partial charge in [-0.25, -0.2) is 0 Å². The van der Waals surface area contributed by atoms with Crippen LogP contribution in [-0.2, 0) is 11.3 Å². The van der Waals surface area contributed by atoms with E-state index in [9.17, 15) is 19.7 Å². The predicted octanol–water partition coefficient (Wildman–Crippen LogP) is 3.07. The average molecular weight is 381 g/mol. The zero-order valence-electron chi connectivity index (χ0n) is 15.8. The fourth-order valence-corrected chi connectivity index (χ4v) is 3.52. The summed E-state index contributed by atoms with van der Waals surface area (Å²) in [7, 11) is 0. The molecule has 0 radical (unpaired) electrons. The molecule has 1 aliphatic heterocycles. The quantitative estimate of drug-likeness (QED) is 0.636. The molecule has 3 rings (SSSR count). The molecule has 0 saturated carbocycles. The van der Waals surface area contributed by atoms with Gasteiger partial charge in [0.1, 0.15) is 5.56 Å². The molecular formula is C21H23N3O4. The molecule has 0 aliphatic carbocycles. The van der Waals surface area contributed by atoms with Gasteiger partial charge in [-0.05, 0) is 31.4 Å². The third-order valence-electron chi connectivity index (χ3n) is 5.11. The number of likely N-dealkylation sites (tertiary alicyclic amines) is 1. The number of nitrogens with zero attached hydrogens (tertiary/aromatic N) is 2. The number of para-hydroxylation sites is 1. The van der Waals surface area contributed by atoms with E-state index >= 15 is 0 Å². The van der Waals surface area contributed by atoms with E-state index in [-0.39, 0.29) is 29.0 Å². The van der Waals surface area contributed by atoms with Crippen molar-refractivity contribution in [3.63, 3.8) is 0 Å². The van der Waals surface area contributed by atoms with Gasteiger partial charge < -0.3 is 10.2 Å². The fraction of sp³-hybridized carbons (Fsp3) is 0.333. The van der Waals surface area contributed by atoms with Crippen LogP contribution in [0.2, 0.25) is 0 Å². The van der Waals surface area contributed by atoms with E-state index in [4.69, 9.17) is 0 Å². The van der Waals surface area contributed by atoms with E-state index in [1.807, 2.05) is 30.3 Å². The highest BCUT2D eigenvalue weighted by Gasteiger charge is 2.31. The molecule has 1 saturated heterocycles. The summed E-state index contributed by atoms with van der Waals surface area (Å²) in [6.45, 7) is 2.92. The predicted molar refractivity (Wildman–Crippen MR) is 105 cm³/mol. The van der Waals surface area contributed by atoms with Gasteiger partial charge in [-0.2, -0.15) is 0 Å². The van der Waals surface area contributed by atoms with Crippen LogP contribution in [0.25, 0.3) is 0 Å². The summed E-state index contributed by atoms with van der Waals surface area (Å²) >= 11 is 0. The molecule has 0 unspecified atom stereocenters. The second kappa shape index (κ2) is 8.65. The molecule has 146 valence electrons. The van der Waals surface area contributed by atoms with Gasteiger partial charge in [0.05, 0.1) is 4.92 Å². The Kier molecular flexibility index (Phi) is 6.03. The van der Waals surface area contributed by atoms with E-state index < -0.39 is 4.92 Å². The van der Waals surface area contributed by atoms with Crippen LogP contribution in [-0.4, -0.2) is 34.7 Å². The number of amides is 2. The molecule has 0 aromatic heterocycles. The number of carbonyl (C=O) groups excluding carboxylic acids is 2. The molecule has 0 spiro atoms. The number of nitrogens with one attached hydrogen (secondary N) is 1. The summed E-state index contributed by atoms with van der Waals surface area (Å²) in [6.07, 6.45) is 1.10. The summed E-state index contributed by atoms with van der Waals surface area (Å²) in [4.78, 5) is 37.6. The zero-order valence-corrected chi connectivity index (χ0v) is 15.8. The highest BCUT2D eigenvalue weighted by Crippen LogP contribution is 2.26. The molecule has 1 fully saturated rings. The van der Waals surface area contributed by atoms with Crippen molar-refractivity contribution in [1.29, 1.82) is 0 Å². The molecule has 7 heteroatoms. The van der Waals surface area contributed by atoms with Gasteiger partial charge in [-0.15, -0.1) is 0 Å². The Bertz CT molecular complexity index is 874. The minimum atomic E-state index is -0.508. The lowest BCUT2D eigenvalue weighted by Gasteiger charge is -2.31. The second-order valence-corrected chi connectivity index (χ2v) is 7.00. The lowest BCUT2D eigenvalue weighted by atomic mass is 9.95. The lowest BCUT2D eigenvalue weighted by Crippen LogP contribution is -2.43. The first-order valence-electron chi connectivity index (χ1n) is 9.32. The van der Waals surface area contributed by atoms with E-state index in [0.717, 1.165) is 5.56 Å². The van der Waals surface area contributed by atoms with Gasteiger partial charge in [-0.3, -0.25) is 19.7 Å². The molecule has 1 N–H and O–H groups in total. The van der Waals surface area contributed by atoms with Crippen LogP contribution in [0.15, 0.2) is 48.5 Å². The highest BCUT2D eigenvalue weighted by molar-refractivity contribution is 5.98. The lowest BCUT2D eigenvalue weighted by molar-refractivity contribution is -0.385. The molecule has 2 amide bonds. The SMILES string of the molecule is Cc1cccc(C(=O)N2CCC(C(=O)NCc3ccccc3)CC2)c1[N+](=O)[O-]. The van der Waals surface area contributed by atoms with Gasteiger partial charge in [0, 0.05) is 31.1 Å². The van der Waals surface area contributed by atoms with Crippen LogP contribution in [0.4, 0.5) is 5.69 Å². The van der Waals surface area contributed by atoms with Crippen LogP contribution in [0.1, 0.15) is 34.3 Å². The molecule has 28 heavy (non-hydrogen) atoms. The molecule has 1 aliphatic rings. The first-order chi connectivity index (χ1) is 13.5. The smallest absolute Gasteiger partial charge is 0.285 e. The Morgan fingerprint density at radius 2 is 1.79 bits per heavy atom. The van der Waals surface area contributed by atoms with Crippen LogP contribution < -0.4 is 5.32 Å². The number of nitro benzene ring substituents is 1. The maximum absolute atomic E-state index is 12.8. The Hall–Kier alpha value is -3.22. The standard InChI is InChI=1S/C21H23N3O4/c1-15-6-5-9-18(19(15)24(27)28)21(26)23-12-10-17(11-13-23)20(25)22-14-16-7-3-2-4-8-16/h2-9,17H,10-14H2,1H3,(H,22,25). The zero-order chi connectivity index (χ0) is 20.1. The first kappa shape index (κ1) is 19.5. The van der Waals surface area contributed by atoms with Crippen molar-refractivity contribution in [1.82, 2.24) is 10.2 Å². The molecule has 2 aromatic carbocycles. The van der Waals surface area contributed by atoms with Crippen LogP contribution in [0, 0.1) is 23.0 Å². The maximum Gasteiger partial charge on any atom is 0.285 e. The Morgan fingerprint density at radius 3 is 2.43 bits per heavy atom. The van der Waals surface area contributed by atoms with Crippen molar-refractivity contribution in [3.8, 4) is 0 Å². The fourth-order valence-electron chi connectivity index (χ4n) is 3.52. The summed E-state index contributed by atoms with van der Waals surface area (Å²) in [5.74, 6) is -0.517. The van der Waals surface area contributed by atoms with E-state index in [1.54, 1.807) is 24.0 Å². The highest BCUT2D eigenvalue weighted by atomic mass is 16.6. The van der Waals surface area contributed by atoms with E-state index in [2.05, 4.69) is 5.32 Å². The molecule has 0 bridgehead atoms. The van der Waals surface area contributed by atoms with Crippen LogP contribution in [0.3, 0.4) is 0 Å². The number of nitro groups is 1. The van der Waals surface area contributed by atoms with E-state index in [1.165, 1.54) is 6.07 Å². The Balaban J connectivity index is 1.58. The number of benzene rings is 2. The maximum atomic E-state index is 12.8. The topological polar surface area (TPSA) is 92.6 Å². The van der Waals surface area contributed by atoms with Gasteiger partial charge in [0.15, 0.2) is 0 Å². The summed E-state index contributed by atoms with van der Waals surface area (Å²) in [5.41, 5.74) is 1.47. The van der Waals surface area contributed by atoms with Crippen molar-refractivity contribution < 1.29 is 14.5 Å². The van der Waals surface area contributed by atoms with Crippen molar-refractivity contribution >= 4 is 17.5 Å². The van der Waals surface area contributed by atoms with Crippen molar-refractivity contribution in [2.24, 2.45) is 5.92 Å². The average Bonchev–Trinajstić information content (AvgIpc) is 2.72. The molecule has 2 aromatic rings.